The minimum absolute atomic E-state index is 0.119. The number of aliphatic hydroxyl groups excluding tert-OH is 1. The summed E-state index contributed by atoms with van der Waals surface area (Å²) >= 11 is 0. The Morgan fingerprint density at radius 1 is 1.44 bits per heavy atom. The van der Waals surface area contributed by atoms with Gasteiger partial charge in [0, 0.05) is 0 Å². The van der Waals surface area contributed by atoms with Gasteiger partial charge in [-0.3, -0.25) is 4.90 Å². The average Bonchev–Trinajstić information content (AvgIpc) is 2.76. The lowest BCUT2D eigenvalue weighted by Gasteiger charge is -2.35. The molecule has 4 nitrogen and oxygen atoms in total. The van der Waals surface area contributed by atoms with Crippen molar-refractivity contribution in [3.63, 3.8) is 0 Å². The van der Waals surface area contributed by atoms with Crippen molar-refractivity contribution in [3.8, 4) is 0 Å². The molecule has 1 N–H and O–H groups in total. The second kappa shape index (κ2) is 4.14. The molecule has 1 aromatic rings. The zero-order valence-electron chi connectivity index (χ0n) is 9.22. The number of nitrogens with zero attached hydrogens (tertiary/aromatic N) is 1. The molecule has 4 heteroatoms. The number of ether oxygens (including phenoxy) is 1. The summed E-state index contributed by atoms with van der Waals surface area (Å²) in [7, 11) is 0. The molecule has 1 saturated heterocycles. The number of hydrogen-bond donors (Lipinski definition) is 1. The Balaban J connectivity index is 2.35. The average molecular weight is 221 g/mol. The molecule has 1 heterocycles. The second-order valence-electron chi connectivity index (χ2n) is 4.06. The maximum Gasteiger partial charge on any atom is 0.410 e. The third-order valence-electron chi connectivity index (χ3n) is 3.06. The standard InChI is InChI=1S/C12H15NO3/c1-12(9-14,10-5-3-2-4-6-10)13-7-8-16-11(13)15/h2-6,14H,7-9H2,1H3. The first-order chi connectivity index (χ1) is 7.68. The minimum atomic E-state index is -0.700. The van der Waals surface area contributed by atoms with Crippen LogP contribution in [0.25, 0.3) is 0 Å². The predicted molar refractivity (Wildman–Crippen MR) is 58.9 cm³/mol. The first kappa shape index (κ1) is 11.0. The van der Waals surface area contributed by atoms with Gasteiger partial charge in [0.15, 0.2) is 0 Å². The second-order valence-corrected chi connectivity index (χ2v) is 4.06. The summed E-state index contributed by atoms with van der Waals surface area (Å²) in [4.78, 5) is 13.1. The largest absolute Gasteiger partial charge is 0.448 e. The van der Waals surface area contributed by atoms with E-state index in [2.05, 4.69) is 0 Å². The summed E-state index contributed by atoms with van der Waals surface area (Å²) in [5.41, 5.74) is 0.214. The highest BCUT2D eigenvalue weighted by Crippen LogP contribution is 2.30. The molecule has 0 aliphatic carbocycles. The summed E-state index contributed by atoms with van der Waals surface area (Å²) in [6.07, 6.45) is -0.361. The molecule has 1 fully saturated rings. The monoisotopic (exact) mass is 221 g/mol. The molecule has 0 aromatic heterocycles. The van der Waals surface area contributed by atoms with Gasteiger partial charge in [-0.25, -0.2) is 4.79 Å². The van der Waals surface area contributed by atoms with Gasteiger partial charge in [0.05, 0.1) is 18.7 Å². The number of amides is 1. The lowest BCUT2D eigenvalue weighted by molar-refractivity contribution is 0.0708. The maximum absolute atomic E-state index is 11.5. The Morgan fingerprint density at radius 3 is 2.62 bits per heavy atom. The summed E-state index contributed by atoms with van der Waals surface area (Å²) in [6, 6.07) is 9.50. The number of carbonyl (C=O) groups excluding carboxylic acids is 1. The Hall–Kier alpha value is -1.55. The van der Waals surface area contributed by atoms with Crippen molar-refractivity contribution in [2.45, 2.75) is 12.5 Å². The van der Waals surface area contributed by atoms with E-state index < -0.39 is 5.54 Å². The van der Waals surface area contributed by atoms with E-state index in [0.717, 1.165) is 5.56 Å². The quantitative estimate of drug-likeness (QED) is 0.838. The normalized spacial score (nSPS) is 19.4. The van der Waals surface area contributed by atoms with E-state index >= 15 is 0 Å². The first-order valence-electron chi connectivity index (χ1n) is 5.29. The molecule has 0 radical (unpaired) electrons. The van der Waals surface area contributed by atoms with Crippen LogP contribution < -0.4 is 0 Å². The summed E-state index contributed by atoms with van der Waals surface area (Å²) in [6.45, 7) is 2.63. The van der Waals surface area contributed by atoms with Crippen molar-refractivity contribution in [1.82, 2.24) is 4.90 Å². The van der Waals surface area contributed by atoms with Crippen LogP contribution in [0.15, 0.2) is 30.3 Å². The molecule has 1 atom stereocenters. The number of cyclic esters (lactones) is 1. The van der Waals surface area contributed by atoms with Crippen LogP contribution in [0.5, 0.6) is 0 Å². The first-order valence-corrected chi connectivity index (χ1v) is 5.29. The highest BCUT2D eigenvalue weighted by Gasteiger charge is 2.40. The Morgan fingerprint density at radius 2 is 2.12 bits per heavy atom. The Kier molecular flexibility index (Phi) is 2.83. The van der Waals surface area contributed by atoms with Crippen molar-refractivity contribution in [3.05, 3.63) is 35.9 Å². The molecule has 1 amide bonds. The van der Waals surface area contributed by atoms with Crippen LogP contribution in [0.4, 0.5) is 4.79 Å². The molecule has 0 saturated carbocycles. The van der Waals surface area contributed by atoms with E-state index in [0.29, 0.717) is 13.2 Å². The molecule has 86 valence electrons. The van der Waals surface area contributed by atoms with Crippen molar-refractivity contribution in [2.24, 2.45) is 0 Å². The highest BCUT2D eigenvalue weighted by molar-refractivity contribution is 5.70. The van der Waals surface area contributed by atoms with Crippen molar-refractivity contribution < 1.29 is 14.6 Å². The van der Waals surface area contributed by atoms with Gasteiger partial charge in [-0.05, 0) is 12.5 Å². The Labute approximate surface area is 94.4 Å². The molecule has 16 heavy (non-hydrogen) atoms. The smallest absolute Gasteiger partial charge is 0.410 e. The fraction of sp³-hybridized carbons (Fsp3) is 0.417. The zero-order chi connectivity index (χ0) is 11.6. The van der Waals surface area contributed by atoms with Crippen LogP contribution >= 0.6 is 0 Å². The van der Waals surface area contributed by atoms with Crippen LogP contribution in [0.2, 0.25) is 0 Å². The van der Waals surface area contributed by atoms with Gasteiger partial charge < -0.3 is 9.84 Å². The zero-order valence-corrected chi connectivity index (χ0v) is 9.22. The van der Waals surface area contributed by atoms with Crippen LogP contribution in [0, 0.1) is 0 Å². The number of carbonyl (C=O) groups is 1. The third-order valence-corrected chi connectivity index (χ3v) is 3.06. The van der Waals surface area contributed by atoms with Gasteiger partial charge in [0.2, 0.25) is 0 Å². The van der Waals surface area contributed by atoms with E-state index in [-0.39, 0.29) is 12.7 Å². The van der Waals surface area contributed by atoms with Gasteiger partial charge >= 0.3 is 6.09 Å². The predicted octanol–water partition coefficient (Wildman–Crippen LogP) is 1.35. The van der Waals surface area contributed by atoms with Crippen LogP contribution in [-0.2, 0) is 10.3 Å². The minimum Gasteiger partial charge on any atom is -0.448 e. The summed E-state index contributed by atoms with van der Waals surface area (Å²) < 4.78 is 4.91. The lowest BCUT2D eigenvalue weighted by Crippen LogP contribution is -2.47. The van der Waals surface area contributed by atoms with Crippen LogP contribution in [-0.4, -0.2) is 35.9 Å². The number of hydrogen-bond acceptors (Lipinski definition) is 3. The van der Waals surface area contributed by atoms with Gasteiger partial charge in [0.25, 0.3) is 0 Å². The fourth-order valence-electron chi connectivity index (χ4n) is 1.97. The summed E-state index contributed by atoms with van der Waals surface area (Å²) in [5, 5.41) is 9.57. The van der Waals surface area contributed by atoms with E-state index in [9.17, 15) is 9.90 Å². The molecule has 0 spiro atoms. The van der Waals surface area contributed by atoms with Crippen molar-refractivity contribution in [1.29, 1.82) is 0 Å². The third kappa shape index (κ3) is 1.65. The molecule has 1 aliphatic rings. The van der Waals surface area contributed by atoms with Gasteiger partial charge in [-0.1, -0.05) is 30.3 Å². The number of benzene rings is 1. The van der Waals surface area contributed by atoms with Gasteiger partial charge in [-0.15, -0.1) is 0 Å². The van der Waals surface area contributed by atoms with E-state index in [1.165, 1.54) is 0 Å². The van der Waals surface area contributed by atoms with E-state index in [1.54, 1.807) is 4.90 Å². The number of aliphatic hydroxyl groups is 1. The fourth-order valence-corrected chi connectivity index (χ4v) is 1.97. The van der Waals surface area contributed by atoms with Crippen molar-refractivity contribution in [2.75, 3.05) is 19.8 Å². The molecule has 1 aliphatic heterocycles. The van der Waals surface area contributed by atoms with Crippen LogP contribution in [0.1, 0.15) is 12.5 Å². The van der Waals surface area contributed by atoms with Crippen LogP contribution in [0.3, 0.4) is 0 Å². The van der Waals surface area contributed by atoms with E-state index in [1.807, 2.05) is 37.3 Å². The SMILES string of the molecule is CC(CO)(c1ccccc1)N1CCOC1=O. The maximum atomic E-state index is 11.5. The lowest BCUT2D eigenvalue weighted by atomic mass is 9.91. The van der Waals surface area contributed by atoms with Gasteiger partial charge in [0.1, 0.15) is 6.61 Å². The molecule has 0 bridgehead atoms. The highest BCUT2D eigenvalue weighted by atomic mass is 16.6. The van der Waals surface area contributed by atoms with E-state index in [4.69, 9.17) is 4.74 Å². The molecule has 1 unspecified atom stereocenters. The molecular formula is C12H15NO3. The Bertz CT molecular complexity index is 379. The van der Waals surface area contributed by atoms with Crippen molar-refractivity contribution >= 4 is 6.09 Å². The number of rotatable bonds is 3. The molecular weight excluding hydrogens is 206 g/mol. The molecule has 1 aromatic carbocycles. The topological polar surface area (TPSA) is 49.8 Å². The molecule has 2 rings (SSSR count). The summed E-state index contributed by atoms with van der Waals surface area (Å²) in [5.74, 6) is 0. The van der Waals surface area contributed by atoms with Gasteiger partial charge in [-0.2, -0.15) is 0 Å².